The Morgan fingerprint density at radius 2 is 1.95 bits per heavy atom. The van der Waals surface area contributed by atoms with Gasteiger partial charge < -0.3 is 9.47 Å². The van der Waals surface area contributed by atoms with Crippen molar-refractivity contribution < 1.29 is 14.3 Å². The maximum Gasteiger partial charge on any atom is 0.173 e. The number of carbonyl (C=O) groups is 1. The van der Waals surface area contributed by atoms with Gasteiger partial charge in [0, 0.05) is 11.8 Å². The van der Waals surface area contributed by atoms with Crippen LogP contribution in [0.2, 0.25) is 0 Å². The molecule has 1 heterocycles. The molecule has 0 bridgehead atoms. The Balaban J connectivity index is 1.81. The van der Waals surface area contributed by atoms with E-state index >= 15 is 0 Å². The van der Waals surface area contributed by atoms with E-state index in [1.54, 1.807) is 0 Å². The molecule has 1 saturated heterocycles. The van der Waals surface area contributed by atoms with Crippen molar-refractivity contribution in [3.05, 3.63) is 11.6 Å². The summed E-state index contributed by atoms with van der Waals surface area (Å²) < 4.78 is 12.8. The Morgan fingerprint density at radius 3 is 2.53 bits per heavy atom. The van der Waals surface area contributed by atoms with Crippen molar-refractivity contribution in [3.8, 4) is 0 Å². The van der Waals surface area contributed by atoms with E-state index in [0.717, 1.165) is 24.7 Å². The van der Waals surface area contributed by atoms with Gasteiger partial charge in [-0.15, -0.1) is 0 Å². The number of fused-ring (bicyclic) bond motifs is 3. The van der Waals surface area contributed by atoms with Crippen LogP contribution in [-0.4, -0.2) is 24.3 Å². The molecule has 0 aromatic carbocycles. The average molecular weight is 264 g/mol. The lowest BCUT2D eigenvalue weighted by molar-refractivity contribution is -0.240. The van der Waals surface area contributed by atoms with E-state index in [9.17, 15) is 4.79 Å². The fraction of sp³-hybridized carbons (Fsp3) is 0.812. The van der Waals surface area contributed by atoms with Crippen LogP contribution in [0.15, 0.2) is 11.6 Å². The molecule has 3 rings (SSSR count). The van der Waals surface area contributed by atoms with Gasteiger partial charge in [0.25, 0.3) is 0 Å². The lowest BCUT2D eigenvalue weighted by atomic mass is 9.90. The van der Waals surface area contributed by atoms with Gasteiger partial charge in [0.05, 0.1) is 12.2 Å². The molecule has 106 valence electrons. The van der Waals surface area contributed by atoms with Crippen LogP contribution in [0.5, 0.6) is 0 Å². The van der Waals surface area contributed by atoms with Gasteiger partial charge in [0.1, 0.15) is 6.29 Å². The first kappa shape index (κ1) is 13.3. The Kier molecular flexibility index (Phi) is 3.10. The molecule has 4 atom stereocenters. The zero-order valence-electron chi connectivity index (χ0n) is 12.3. The summed E-state index contributed by atoms with van der Waals surface area (Å²) in [5, 5.41) is 0. The summed E-state index contributed by atoms with van der Waals surface area (Å²) in [5.41, 5.74) is 0.964. The maximum atomic E-state index is 11.1. The number of rotatable bonds is 3. The second kappa shape index (κ2) is 4.42. The van der Waals surface area contributed by atoms with Crippen molar-refractivity contribution >= 4 is 6.29 Å². The second-order valence-corrected chi connectivity index (χ2v) is 6.83. The summed E-state index contributed by atoms with van der Waals surface area (Å²) in [5.74, 6) is 1.06. The van der Waals surface area contributed by atoms with Crippen molar-refractivity contribution in [2.75, 3.05) is 0 Å². The highest BCUT2D eigenvalue weighted by molar-refractivity contribution is 5.75. The first-order valence-electron chi connectivity index (χ1n) is 7.50. The summed E-state index contributed by atoms with van der Waals surface area (Å²) in [4.78, 5) is 11.1. The van der Waals surface area contributed by atoms with E-state index in [1.807, 2.05) is 0 Å². The molecule has 0 unspecified atom stereocenters. The molecule has 0 amide bonds. The standard InChI is InChI=1S/C16H24O3/c1-9(2)16(10(3)4)18-14-7-13-11(8-17)5-6-12(13)15(14)19-16/h5,8-10,12-15H,6-7H2,1-4H3/t12-,13+,14+,15-/m1/s1. The van der Waals surface area contributed by atoms with Crippen molar-refractivity contribution in [1.29, 1.82) is 0 Å². The zero-order chi connectivity index (χ0) is 13.8. The van der Waals surface area contributed by atoms with Gasteiger partial charge in [-0.2, -0.15) is 0 Å². The molecular weight excluding hydrogens is 240 g/mol. The number of carbonyl (C=O) groups excluding carboxylic acids is 1. The number of hydrogen-bond donors (Lipinski definition) is 0. The summed E-state index contributed by atoms with van der Waals surface area (Å²) in [6, 6.07) is 0. The van der Waals surface area contributed by atoms with E-state index in [1.165, 1.54) is 0 Å². The van der Waals surface area contributed by atoms with E-state index in [2.05, 4.69) is 33.8 Å². The van der Waals surface area contributed by atoms with Crippen LogP contribution in [0, 0.1) is 23.7 Å². The lowest BCUT2D eigenvalue weighted by Gasteiger charge is -2.37. The fourth-order valence-electron chi connectivity index (χ4n) is 4.27. The third-order valence-corrected chi connectivity index (χ3v) is 5.25. The van der Waals surface area contributed by atoms with Crippen LogP contribution in [0.25, 0.3) is 0 Å². The fourth-order valence-corrected chi connectivity index (χ4v) is 4.27. The number of aldehydes is 1. The minimum atomic E-state index is -0.440. The highest BCUT2D eigenvalue weighted by Crippen LogP contribution is 2.54. The molecular formula is C16H24O3. The predicted octanol–water partition coefficient (Wildman–Crippen LogP) is 2.94. The average Bonchev–Trinajstić information content (AvgIpc) is 2.96. The largest absolute Gasteiger partial charge is 0.343 e. The summed E-state index contributed by atoms with van der Waals surface area (Å²) >= 11 is 0. The minimum Gasteiger partial charge on any atom is -0.343 e. The molecule has 1 aliphatic heterocycles. The van der Waals surface area contributed by atoms with Gasteiger partial charge in [-0.3, -0.25) is 4.79 Å². The monoisotopic (exact) mass is 264 g/mol. The molecule has 0 N–H and O–H groups in total. The zero-order valence-corrected chi connectivity index (χ0v) is 12.3. The first-order chi connectivity index (χ1) is 8.99. The molecule has 19 heavy (non-hydrogen) atoms. The maximum absolute atomic E-state index is 11.1. The molecule has 2 aliphatic carbocycles. The Bertz CT molecular complexity index is 402. The molecule has 1 saturated carbocycles. The number of hydrogen-bond acceptors (Lipinski definition) is 3. The van der Waals surface area contributed by atoms with Crippen LogP contribution >= 0.6 is 0 Å². The van der Waals surface area contributed by atoms with Crippen LogP contribution in [0.3, 0.4) is 0 Å². The van der Waals surface area contributed by atoms with E-state index in [0.29, 0.717) is 23.7 Å². The summed E-state index contributed by atoms with van der Waals surface area (Å²) in [6.07, 6.45) is 5.36. The Hall–Kier alpha value is -0.670. The van der Waals surface area contributed by atoms with Gasteiger partial charge in [0.15, 0.2) is 5.79 Å². The highest BCUT2D eigenvalue weighted by atomic mass is 16.8. The molecule has 2 fully saturated rings. The van der Waals surface area contributed by atoms with Gasteiger partial charge in [-0.25, -0.2) is 0 Å². The topological polar surface area (TPSA) is 35.5 Å². The molecule has 0 radical (unpaired) electrons. The molecule has 0 aromatic heterocycles. The van der Waals surface area contributed by atoms with Crippen molar-refractivity contribution in [3.63, 3.8) is 0 Å². The Labute approximate surface area is 115 Å². The second-order valence-electron chi connectivity index (χ2n) is 6.83. The van der Waals surface area contributed by atoms with E-state index in [-0.39, 0.29) is 12.2 Å². The summed E-state index contributed by atoms with van der Waals surface area (Å²) in [7, 11) is 0. The highest BCUT2D eigenvalue weighted by Gasteiger charge is 2.59. The number of ether oxygens (including phenoxy) is 2. The smallest absolute Gasteiger partial charge is 0.173 e. The Morgan fingerprint density at radius 1 is 1.26 bits per heavy atom. The molecule has 3 nitrogen and oxygen atoms in total. The molecule has 3 heteroatoms. The van der Waals surface area contributed by atoms with E-state index in [4.69, 9.17) is 9.47 Å². The van der Waals surface area contributed by atoms with Crippen molar-refractivity contribution in [2.45, 2.75) is 58.5 Å². The third kappa shape index (κ3) is 1.74. The predicted molar refractivity (Wildman–Crippen MR) is 72.5 cm³/mol. The van der Waals surface area contributed by atoms with Crippen LogP contribution < -0.4 is 0 Å². The molecule has 3 aliphatic rings. The van der Waals surface area contributed by atoms with Crippen LogP contribution in [0.4, 0.5) is 0 Å². The summed E-state index contributed by atoms with van der Waals surface area (Å²) in [6.45, 7) is 8.68. The molecule has 0 spiro atoms. The lowest BCUT2D eigenvalue weighted by Crippen LogP contribution is -2.43. The van der Waals surface area contributed by atoms with E-state index < -0.39 is 5.79 Å². The van der Waals surface area contributed by atoms with Gasteiger partial charge >= 0.3 is 0 Å². The normalized spacial score (nSPS) is 39.6. The number of allylic oxidation sites excluding steroid dienone is 2. The first-order valence-corrected chi connectivity index (χ1v) is 7.50. The molecule has 0 aromatic rings. The minimum absolute atomic E-state index is 0.170. The van der Waals surface area contributed by atoms with Crippen LogP contribution in [-0.2, 0) is 14.3 Å². The van der Waals surface area contributed by atoms with Crippen molar-refractivity contribution in [2.24, 2.45) is 23.7 Å². The van der Waals surface area contributed by atoms with Gasteiger partial charge in [0.2, 0.25) is 0 Å². The SMILES string of the molecule is CC(C)C1(C(C)C)O[C@@H]2[C@@H]3CC=C(C=O)[C@@H]3C[C@@H]2O1. The van der Waals surface area contributed by atoms with Crippen LogP contribution in [0.1, 0.15) is 40.5 Å². The quantitative estimate of drug-likeness (QED) is 0.735. The van der Waals surface area contributed by atoms with Crippen molar-refractivity contribution in [1.82, 2.24) is 0 Å². The van der Waals surface area contributed by atoms with Gasteiger partial charge in [-0.05, 0) is 30.3 Å². The van der Waals surface area contributed by atoms with Gasteiger partial charge in [-0.1, -0.05) is 33.8 Å². The third-order valence-electron chi connectivity index (χ3n) is 5.25.